The van der Waals surface area contributed by atoms with Gasteiger partial charge >= 0.3 is 0 Å². The Hall–Kier alpha value is -3.68. The van der Waals surface area contributed by atoms with E-state index in [0.717, 1.165) is 22.3 Å². The van der Waals surface area contributed by atoms with E-state index in [1.165, 1.54) is 0 Å². The van der Waals surface area contributed by atoms with Crippen LogP contribution in [0.15, 0.2) is 70.3 Å². The van der Waals surface area contributed by atoms with E-state index in [0.29, 0.717) is 36.5 Å². The predicted octanol–water partition coefficient (Wildman–Crippen LogP) is 3.28. The van der Waals surface area contributed by atoms with Crippen molar-refractivity contribution in [2.75, 3.05) is 18.0 Å². The molecule has 3 aliphatic rings. The maximum Gasteiger partial charge on any atom is 0.259 e. The topological polar surface area (TPSA) is 87.5 Å². The molecule has 2 aliphatic heterocycles. The van der Waals surface area contributed by atoms with E-state index in [1.54, 1.807) is 36.9 Å². The van der Waals surface area contributed by atoms with Gasteiger partial charge in [0.2, 0.25) is 5.91 Å². The molecule has 1 fully saturated rings. The van der Waals surface area contributed by atoms with E-state index in [-0.39, 0.29) is 24.4 Å². The Bertz CT molecular complexity index is 1170. The molecule has 32 heavy (non-hydrogen) atoms. The summed E-state index contributed by atoms with van der Waals surface area (Å²) in [6.07, 6.45) is 10.2. The lowest BCUT2D eigenvalue weighted by molar-refractivity contribution is -0.117. The molecule has 0 spiro atoms. The van der Waals surface area contributed by atoms with E-state index < -0.39 is 6.17 Å². The number of carbonyl (C=O) groups excluding carboxylic acids is 2. The number of aromatic nitrogens is 1. The summed E-state index contributed by atoms with van der Waals surface area (Å²) >= 11 is 0. The smallest absolute Gasteiger partial charge is 0.259 e. The molecule has 164 valence electrons. The number of anilines is 1. The summed E-state index contributed by atoms with van der Waals surface area (Å²) in [6.45, 7) is 2.62. The third-order valence-electron chi connectivity index (χ3n) is 6.03. The number of alkyl halides is 1. The third-order valence-corrected chi connectivity index (χ3v) is 6.03. The van der Waals surface area contributed by atoms with Gasteiger partial charge in [-0.1, -0.05) is 6.08 Å². The number of halogens is 1. The molecule has 2 aromatic rings. The summed E-state index contributed by atoms with van der Waals surface area (Å²) in [7, 11) is 0. The average Bonchev–Trinajstić information content (AvgIpc) is 3.46. The minimum Gasteiger partial charge on any atom is -0.472 e. The second-order valence-corrected chi connectivity index (χ2v) is 8.28. The van der Waals surface area contributed by atoms with Gasteiger partial charge < -0.3 is 20.0 Å². The highest BCUT2D eigenvalue weighted by Crippen LogP contribution is 2.30. The molecule has 0 radical (unpaired) electrons. The molecule has 8 heteroatoms. The first-order chi connectivity index (χ1) is 15.5. The molecule has 2 aromatic heterocycles. The number of nitrogens with one attached hydrogen (secondary N) is 2. The maximum atomic E-state index is 13.9. The lowest BCUT2D eigenvalue weighted by atomic mass is 9.89. The van der Waals surface area contributed by atoms with Gasteiger partial charge in [0.25, 0.3) is 5.91 Å². The number of carbonyl (C=O) groups is 2. The van der Waals surface area contributed by atoms with Crippen molar-refractivity contribution >= 4 is 17.6 Å². The molecule has 4 heterocycles. The van der Waals surface area contributed by atoms with Gasteiger partial charge in [0.1, 0.15) is 12.0 Å². The number of hydrogen-bond acceptors (Lipinski definition) is 5. The molecule has 7 nitrogen and oxygen atoms in total. The van der Waals surface area contributed by atoms with Crippen molar-refractivity contribution in [3.05, 3.63) is 71.5 Å². The monoisotopic (exact) mass is 434 g/mol. The van der Waals surface area contributed by atoms with Gasteiger partial charge in [0.05, 0.1) is 30.7 Å². The SMILES string of the molecule is CC1=CC(=O)NC2CC=C(NC(=O)c3cc(-c4ccoc4)cnc3N3CCC(F)C3)C=C12. The van der Waals surface area contributed by atoms with Crippen molar-refractivity contribution in [1.29, 1.82) is 0 Å². The van der Waals surface area contributed by atoms with Crippen LogP contribution in [0.1, 0.15) is 30.1 Å². The zero-order valence-corrected chi connectivity index (χ0v) is 17.6. The van der Waals surface area contributed by atoms with Crippen molar-refractivity contribution in [1.82, 2.24) is 15.6 Å². The summed E-state index contributed by atoms with van der Waals surface area (Å²) in [5.74, 6) is 0.0510. The van der Waals surface area contributed by atoms with Gasteiger partial charge in [0, 0.05) is 35.6 Å². The van der Waals surface area contributed by atoms with Crippen LogP contribution in [0.2, 0.25) is 0 Å². The van der Waals surface area contributed by atoms with Gasteiger partial charge in [-0.3, -0.25) is 9.59 Å². The van der Waals surface area contributed by atoms with Gasteiger partial charge in [-0.2, -0.15) is 0 Å². The van der Waals surface area contributed by atoms with Gasteiger partial charge in [-0.15, -0.1) is 0 Å². The van der Waals surface area contributed by atoms with Crippen LogP contribution in [0.5, 0.6) is 0 Å². The fourth-order valence-electron chi connectivity index (χ4n) is 4.38. The summed E-state index contributed by atoms with van der Waals surface area (Å²) in [5.41, 5.74) is 4.46. The van der Waals surface area contributed by atoms with Crippen LogP contribution in [0.3, 0.4) is 0 Å². The first-order valence-corrected chi connectivity index (χ1v) is 10.6. The zero-order valence-electron chi connectivity index (χ0n) is 17.6. The van der Waals surface area contributed by atoms with Crippen molar-refractivity contribution < 1.29 is 18.4 Å². The van der Waals surface area contributed by atoms with Crippen molar-refractivity contribution in [2.24, 2.45) is 0 Å². The number of pyridine rings is 1. The zero-order chi connectivity index (χ0) is 22.2. The largest absolute Gasteiger partial charge is 0.472 e. The van der Waals surface area contributed by atoms with Gasteiger partial charge in [-0.05, 0) is 49.1 Å². The number of hydrogen-bond donors (Lipinski definition) is 2. The van der Waals surface area contributed by atoms with Crippen LogP contribution in [-0.2, 0) is 4.79 Å². The molecule has 0 saturated carbocycles. The van der Waals surface area contributed by atoms with Crippen molar-refractivity contribution in [2.45, 2.75) is 32.0 Å². The molecule has 0 bridgehead atoms. The fraction of sp³-hybridized carbons (Fsp3) is 0.292. The highest BCUT2D eigenvalue weighted by Gasteiger charge is 2.29. The Morgan fingerprint density at radius 2 is 2.22 bits per heavy atom. The van der Waals surface area contributed by atoms with Crippen molar-refractivity contribution in [3.8, 4) is 11.1 Å². The van der Waals surface area contributed by atoms with Crippen LogP contribution in [-0.4, -0.2) is 42.1 Å². The van der Waals surface area contributed by atoms with E-state index >= 15 is 0 Å². The Morgan fingerprint density at radius 3 is 2.97 bits per heavy atom. The first kappa shape index (κ1) is 20.2. The molecular weight excluding hydrogens is 411 g/mol. The van der Waals surface area contributed by atoms with Gasteiger partial charge in [0.15, 0.2) is 0 Å². The minimum absolute atomic E-state index is 0.0825. The van der Waals surface area contributed by atoms with Crippen LogP contribution in [0, 0.1) is 0 Å². The maximum absolute atomic E-state index is 13.9. The Morgan fingerprint density at radius 1 is 1.34 bits per heavy atom. The molecule has 0 aromatic carbocycles. The second kappa shape index (κ2) is 8.11. The number of rotatable bonds is 4. The number of amides is 2. The normalized spacial score (nSPS) is 22.5. The molecule has 2 N–H and O–H groups in total. The molecule has 2 atom stereocenters. The minimum atomic E-state index is -0.930. The number of nitrogens with zero attached hydrogens (tertiary/aromatic N) is 2. The summed E-state index contributed by atoms with van der Waals surface area (Å²) in [5, 5.41) is 5.90. The first-order valence-electron chi connectivity index (χ1n) is 10.6. The van der Waals surface area contributed by atoms with Crippen LogP contribution in [0.4, 0.5) is 10.2 Å². The van der Waals surface area contributed by atoms with Crippen LogP contribution < -0.4 is 15.5 Å². The summed E-state index contributed by atoms with van der Waals surface area (Å²) in [6, 6.07) is 3.48. The van der Waals surface area contributed by atoms with E-state index in [1.807, 2.05) is 24.0 Å². The highest BCUT2D eigenvalue weighted by molar-refractivity contribution is 6.01. The molecule has 2 unspecified atom stereocenters. The third kappa shape index (κ3) is 3.84. The molecular formula is C24H23FN4O3. The van der Waals surface area contributed by atoms with Crippen molar-refractivity contribution in [3.63, 3.8) is 0 Å². The quantitative estimate of drug-likeness (QED) is 0.771. The van der Waals surface area contributed by atoms with Crippen LogP contribution >= 0.6 is 0 Å². The fourth-order valence-corrected chi connectivity index (χ4v) is 4.38. The Balaban J connectivity index is 1.45. The molecule has 5 rings (SSSR count). The predicted molar refractivity (Wildman–Crippen MR) is 118 cm³/mol. The lowest BCUT2D eigenvalue weighted by Crippen LogP contribution is -2.40. The second-order valence-electron chi connectivity index (χ2n) is 8.28. The van der Waals surface area contributed by atoms with E-state index in [2.05, 4.69) is 15.6 Å². The summed E-state index contributed by atoms with van der Waals surface area (Å²) in [4.78, 5) is 31.4. The van der Waals surface area contributed by atoms with Gasteiger partial charge in [-0.25, -0.2) is 9.37 Å². The number of furan rings is 1. The number of allylic oxidation sites excluding steroid dienone is 1. The Labute approximate surface area is 184 Å². The van der Waals surface area contributed by atoms with Crippen LogP contribution in [0.25, 0.3) is 11.1 Å². The Kier molecular flexibility index (Phi) is 5.13. The average molecular weight is 434 g/mol. The standard InChI is InChI=1S/C24H23FN4O3/c1-14-8-22(30)28-21-3-2-18(10-19(14)21)27-24(31)20-9-16(15-5-7-32-13-15)11-26-23(20)29-6-4-17(25)12-29/h2,5,7-11,13,17,21H,3-4,6,12H2,1H3,(H,27,31)(H,28,30). The number of fused-ring (bicyclic) bond motifs is 1. The van der Waals surface area contributed by atoms with E-state index in [9.17, 15) is 14.0 Å². The van der Waals surface area contributed by atoms with E-state index in [4.69, 9.17) is 4.42 Å². The highest BCUT2D eigenvalue weighted by atomic mass is 19.1. The molecule has 2 amide bonds. The lowest BCUT2D eigenvalue weighted by Gasteiger charge is -2.28. The molecule has 1 saturated heterocycles. The summed E-state index contributed by atoms with van der Waals surface area (Å²) < 4.78 is 19.0. The molecule has 1 aliphatic carbocycles.